The molecule has 0 aliphatic carbocycles. The molecule has 0 radical (unpaired) electrons. The molecule has 3 aromatic heterocycles. The van der Waals surface area contributed by atoms with Gasteiger partial charge in [0.15, 0.2) is 5.65 Å². The normalized spacial score (nSPS) is 11.4. The van der Waals surface area contributed by atoms with Crippen molar-refractivity contribution in [1.82, 2.24) is 29.3 Å². The molecule has 7 nitrogen and oxygen atoms in total. The van der Waals surface area contributed by atoms with Crippen LogP contribution in [0.4, 0.5) is 8.78 Å². The smallest absolute Gasteiger partial charge is 0.280 e. The zero-order valence-electron chi connectivity index (χ0n) is 14.1. The molecule has 3 heterocycles. The first-order chi connectivity index (χ1) is 11.9. The predicted octanol–water partition coefficient (Wildman–Crippen LogP) is 2.46. The van der Waals surface area contributed by atoms with E-state index in [9.17, 15) is 13.6 Å². The molecule has 1 amide bonds. The highest BCUT2D eigenvalue weighted by Gasteiger charge is 2.22. The van der Waals surface area contributed by atoms with Crippen LogP contribution in [0.25, 0.3) is 5.65 Å². The van der Waals surface area contributed by atoms with Gasteiger partial charge in [-0.05, 0) is 26.0 Å². The van der Waals surface area contributed by atoms with Gasteiger partial charge in [-0.2, -0.15) is 10.2 Å². The monoisotopic (exact) mass is 348 g/mol. The number of carbonyl (C=O) groups is 1. The summed E-state index contributed by atoms with van der Waals surface area (Å²) in [6, 6.07) is 3.10. The van der Waals surface area contributed by atoms with E-state index in [1.54, 1.807) is 24.9 Å². The number of fused-ring (bicyclic) bond motifs is 1. The van der Waals surface area contributed by atoms with Crippen LogP contribution in [-0.2, 0) is 13.1 Å². The fraction of sp³-hybridized carbons (Fsp3) is 0.375. The minimum absolute atomic E-state index is 0.135. The first kappa shape index (κ1) is 17.0. The number of rotatable bonds is 5. The van der Waals surface area contributed by atoms with E-state index in [0.717, 1.165) is 10.2 Å². The molecule has 0 N–H and O–H groups in total. The molecule has 0 aliphatic heterocycles. The number of amides is 1. The number of halogens is 2. The summed E-state index contributed by atoms with van der Waals surface area (Å²) in [6.07, 6.45) is 0.249. The Bertz CT molecular complexity index is 917. The van der Waals surface area contributed by atoms with E-state index in [2.05, 4.69) is 15.2 Å². The Hall–Kier alpha value is -2.84. The third kappa shape index (κ3) is 3.09. The summed E-state index contributed by atoms with van der Waals surface area (Å²) in [5, 5.41) is 8.09. The van der Waals surface area contributed by atoms with Gasteiger partial charge in [0.25, 0.3) is 12.3 Å². The van der Waals surface area contributed by atoms with Crippen LogP contribution >= 0.6 is 0 Å². The molecule has 132 valence electrons. The molecule has 9 heteroatoms. The van der Waals surface area contributed by atoms with Crippen LogP contribution in [0.2, 0.25) is 0 Å². The Morgan fingerprint density at radius 1 is 1.36 bits per heavy atom. The average Bonchev–Trinajstić information content (AvgIpc) is 3.19. The van der Waals surface area contributed by atoms with Gasteiger partial charge >= 0.3 is 0 Å². The zero-order chi connectivity index (χ0) is 18.1. The van der Waals surface area contributed by atoms with Crippen molar-refractivity contribution in [2.75, 3.05) is 7.05 Å². The minimum atomic E-state index is -2.70. The van der Waals surface area contributed by atoms with E-state index < -0.39 is 6.43 Å². The number of aromatic nitrogens is 5. The maximum absolute atomic E-state index is 13.2. The van der Waals surface area contributed by atoms with Gasteiger partial charge in [0.05, 0.1) is 18.4 Å². The Balaban J connectivity index is 1.94. The molecule has 0 saturated heterocycles. The van der Waals surface area contributed by atoms with Gasteiger partial charge in [0.1, 0.15) is 11.3 Å². The summed E-state index contributed by atoms with van der Waals surface area (Å²) in [6.45, 7) is 4.61. The molecule has 0 aromatic carbocycles. The summed E-state index contributed by atoms with van der Waals surface area (Å²) in [5.41, 5.74) is 1.33. The number of aryl methyl sites for hydroxylation is 2. The van der Waals surface area contributed by atoms with E-state index in [1.165, 1.54) is 17.2 Å². The molecular weight excluding hydrogens is 330 g/mol. The fourth-order valence-electron chi connectivity index (χ4n) is 2.72. The van der Waals surface area contributed by atoms with Crippen molar-refractivity contribution in [3.63, 3.8) is 0 Å². The number of carbonyl (C=O) groups excluding carboxylic acids is 1. The van der Waals surface area contributed by atoms with E-state index in [4.69, 9.17) is 0 Å². The summed E-state index contributed by atoms with van der Waals surface area (Å²) >= 11 is 0. The number of nitrogens with zero attached hydrogens (tertiary/aromatic N) is 6. The minimum Gasteiger partial charge on any atom is -0.336 e. The molecular formula is C16H18F2N6O. The molecule has 0 atom stereocenters. The second-order valence-corrected chi connectivity index (χ2v) is 5.72. The lowest BCUT2D eigenvalue weighted by molar-refractivity contribution is 0.0783. The maximum atomic E-state index is 13.2. The van der Waals surface area contributed by atoms with Crippen molar-refractivity contribution in [2.45, 2.75) is 33.4 Å². The fourth-order valence-corrected chi connectivity index (χ4v) is 2.72. The van der Waals surface area contributed by atoms with Crippen molar-refractivity contribution in [1.29, 1.82) is 0 Å². The summed E-state index contributed by atoms with van der Waals surface area (Å²) < 4.78 is 29.2. The standard InChI is InChI=1S/C16H18F2N6O/c1-4-23-11(5-6-19-23)9-22(3)16(25)12-8-20-24-13(14(17)18)7-10(2)21-15(12)24/h5-8,14H,4,9H2,1-3H3. The Morgan fingerprint density at radius 3 is 2.80 bits per heavy atom. The van der Waals surface area contributed by atoms with E-state index in [0.29, 0.717) is 18.8 Å². The van der Waals surface area contributed by atoms with Crippen molar-refractivity contribution in [3.05, 3.63) is 47.2 Å². The number of hydrogen-bond acceptors (Lipinski definition) is 4. The van der Waals surface area contributed by atoms with Crippen molar-refractivity contribution < 1.29 is 13.6 Å². The van der Waals surface area contributed by atoms with Gasteiger partial charge in [-0.1, -0.05) is 0 Å². The first-order valence-electron chi connectivity index (χ1n) is 7.82. The van der Waals surface area contributed by atoms with Crippen molar-refractivity contribution in [3.8, 4) is 0 Å². The van der Waals surface area contributed by atoms with Crippen LogP contribution in [0.5, 0.6) is 0 Å². The largest absolute Gasteiger partial charge is 0.336 e. The van der Waals surface area contributed by atoms with Gasteiger partial charge in [0, 0.05) is 25.5 Å². The quantitative estimate of drug-likeness (QED) is 0.710. The highest BCUT2D eigenvalue weighted by Crippen LogP contribution is 2.22. The van der Waals surface area contributed by atoms with Crippen molar-refractivity contribution >= 4 is 11.6 Å². The highest BCUT2D eigenvalue weighted by molar-refractivity contribution is 5.99. The SMILES string of the molecule is CCn1nccc1CN(C)C(=O)c1cnn2c(C(F)F)cc(C)nc12. The molecule has 0 fully saturated rings. The van der Waals surface area contributed by atoms with Crippen LogP contribution in [0.3, 0.4) is 0 Å². The Labute approximate surface area is 142 Å². The topological polar surface area (TPSA) is 68.3 Å². The lowest BCUT2D eigenvalue weighted by atomic mass is 10.2. The molecule has 0 saturated carbocycles. The van der Waals surface area contributed by atoms with Gasteiger partial charge in [-0.15, -0.1) is 0 Å². The Morgan fingerprint density at radius 2 is 2.12 bits per heavy atom. The Kier molecular flexibility index (Phi) is 4.47. The second-order valence-electron chi connectivity index (χ2n) is 5.72. The van der Waals surface area contributed by atoms with Gasteiger partial charge in [0.2, 0.25) is 0 Å². The molecule has 25 heavy (non-hydrogen) atoms. The van der Waals surface area contributed by atoms with E-state index in [1.807, 2.05) is 13.0 Å². The van der Waals surface area contributed by atoms with E-state index in [-0.39, 0.29) is 22.8 Å². The van der Waals surface area contributed by atoms with Gasteiger partial charge in [-0.25, -0.2) is 18.3 Å². The van der Waals surface area contributed by atoms with Crippen LogP contribution < -0.4 is 0 Å². The molecule has 0 spiro atoms. The molecule has 3 aromatic rings. The first-order valence-corrected chi connectivity index (χ1v) is 7.82. The third-order valence-corrected chi connectivity index (χ3v) is 3.93. The average molecular weight is 348 g/mol. The lowest BCUT2D eigenvalue weighted by Crippen LogP contribution is -2.27. The van der Waals surface area contributed by atoms with E-state index >= 15 is 0 Å². The van der Waals surface area contributed by atoms with Crippen molar-refractivity contribution in [2.24, 2.45) is 0 Å². The van der Waals surface area contributed by atoms with Crippen LogP contribution in [-0.4, -0.2) is 42.2 Å². The highest BCUT2D eigenvalue weighted by atomic mass is 19.3. The number of hydrogen-bond donors (Lipinski definition) is 0. The summed E-state index contributed by atoms with van der Waals surface area (Å²) in [7, 11) is 1.64. The summed E-state index contributed by atoms with van der Waals surface area (Å²) in [5.74, 6) is -0.336. The molecule has 0 unspecified atom stereocenters. The van der Waals surface area contributed by atoms with Gasteiger partial charge in [-0.3, -0.25) is 9.48 Å². The number of alkyl halides is 2. The zero-order valence-corrected chi connectivity index (χ0v) is 14.1. The van der Waals surface area contributed by atoms with Crippen LogP contribution in [0.1, 0.15) is 40.8 Å². The maximum Gasteiger partial charge on any atom is 0.280 e. The van der Waals surface area contributed by atoms with Gasteiger partial charge < -0.3 is 4.90 Å². The van der Waals surface area contributed by atoms with Crippen LogP contribution in [0, 0.1) is 6.92 Å². The second kappa shape index (κ2) is 6.58. The molecule has 3 rings (SSSR count). The molecule has 0 bridgehead atoms. The summed E-state index contributed by atoms with van der Waals surface area (Å²) in [4.78, 5) is 18.5. The predicted molar refractivity (Wildman–Crippen MR) is 86.4 cm³/mol. The van der Waals surface area contributed by atoms with Crippen LogP contribution in [0.15, 0.2) is 24.5 Å². The molecule has 0 aliphatic rings. The third-order valence-electron chi connectivity index (χ3n) is 3.93. The lowest BCUT2D eigenvalue weighted by Gasteiger charge is -2.17.